The molecule has 0 amide bonds. The van der Waals surface area contributed by atoms with Gasteiger partial charge in [-0.2, -0.15) is 0 Å². The van der Waals surface area contributed by atoms with Gasteiger partial charge in [-0.15, -0.1) is 0 Å². The molecule has 0 atom stereocenters. The molecule has 0 spiro atoms. The number of anilines is 1. The van der Waals surface area contributed by atoms with E-state index >= 15 is 0 Å². The summed E-state index contributed by atoms with van der Waals surface area (Å²) >= 11 is 12.2. The third kappa shape index (κ3) is 5.30. The number of fused-ring (bicyclic) bond motifs is 1. The maximum atomic E-state index is 13.9. The van der Waals surface area contributed by atoms with Crippen molar-refractivity contribution in [2.75, 3.05) is 23.8 Å². The Kier molecular flexibility index (Phi) is 7.92. The van der Waals surface area contributed by atoms with Crippen LogP contribution >= 0.6 is 30.8 Å². The Morgan fingerprint density at radius 1 is 0.938 bits per heavy atom. The van der Waals surface area contributed by atoms with Crippen molar-refractivity contribution in [1.29, 1.82) is 0 Å². The highest BCUT2D eigenvalue weighted by Crippen LogP contribution is 2.51. The van der Waals surface area contributed by atoms with Crippen molar-refractivity contribution in [3.63, 3.8) is 0 Å². The topological polar surface area (TPSA) is 72.9 Å². The normalized spacial score (nSPS) is 12.3. The summed E-state index contributed by atoms with van der Waals surface area (Å²) in [6, 6.07) is 15.2. The molecule has 0 unspecified atom stereocenters. The molecule has 0 aromatic heterocycles. The second kappa shape index (κ2) is 10.1. The van der Waals surface area contributed by atoms with Crippen LogP contribution in [-0.2, 0) is 23.6 Å². The second-order valence-corrected chi connectivity index (χ2v) is 11.8. The van der Waals surface area contributed by atoms with E-state index in [1.165, 1.54) is 18.2 Å². The smallest absolute Gasteiger partial charge is 0.308 e. The first kappa shape index (κ1) is 25.0. The van der Waals surface area contributed by atoms with Crippen molar-refractivity contribution in [2.24, 2.45) is 0 Å². The van der Waals surface area contributed by atoms with Crippen LogP contribution in [0.5, 0.6) is 0 Å². The van der Waals surface area contributed by atoms with Crippen LogP contribution in [0.15, 0.2) is 59.5 Å². The number of halogens is 2. The van der Waals surface area contributed by atoms with Crippen molar-refractivity contribution in [3.05, 3.63) is 70.2 Å². The Morgan fingerprint density at radius 3 is 2.12 bits per heavy atom. The Balaban J connectivity index is 2.30. The monoisotopic (exact) mass is 515 g/mol. The minimum atomic E-state index is -4.25. The summed E-state index contributed by atoms with van der Waals surface area (Å²) in [7, 11) is -8.05. The number of hydrogen-bond acceptors (Lipinski definition) is 5. The van der Waals surface area contributed by atoms with E-state index in [9.17, 15) is 13.0 Å². The molecule has 0 fully saturated rings. The average Bonchev–Trinajstić information content (AvgIpc) is 2.72. The predicted octanol–water partition coefficient (Wildman–Crippen LogP) is 6.87. The predicted molar refractivity (Wildman–Crippen MR) is 131 cm³/mol. The molecule has 6 nitrogen and oxygen atoms in total. The zero-order chi connectivity index (χ0) is 23.5. The van der Waals surface area contributed by atoms with Gasteiger partial charge in [0.2, 0.25) is 0 Å². The van der Waals surface area contributed by atoms with Crippen LogP contribution < -0.4 is 4.31 Å². The average molecular weight is 516 g/mol. The molecule has 3 rings (SSSR count). The van der Waals surface area contributed by atoms with Gasteiger partial charge in [-0.1, -0.05) is 59.6 Å². The van der Waals surface area contributed by atoms with Gasteiger partial charge in [0.1, 0.15) is 6.29 Å². The van der Waals surface area contributed by atoms with E-state index < -0.39 is 23.9 Å². The lowest BCUT2D eigenvalue weighted by Gasteiger charge is -2.30. The van der Waals surface area contributed by atoms with Crippen LogP contribution in [0.3, 0.4) is 0 Å². The molecule has 0 aliphatic rings. The summed E-state index contributed by atoms with van der Waals surface area (Å²) < 4.78 is 53.2. The lowest BCUT2D eigenvalue weighted by Crippen LogP contribution is -2.33. The van der Waals surface area contributed by atoms with E-state index in [1.807, 2.05) is 36.4 Å². The van der Waals surface area contributed by atoms with E-state index in [-0.39, 0.29) is 28.2 Å². The maximum absolute atomic E-state index is 13.9. The zero-order valence-electron chi connectivity index (χ0n) is 17.9. The second-order valence-electron chi connectivity index (χ2n) is 7.00. The number of sulfonamides is 1. The Hall–Kier alpha value is -1.60. The maximum Gasteiger partial charge on any atom is 0.350 e. The van der Waals surface area contributed by atoms with Gasteiger partial charge in [-0.05, 0) is 49.9 Å². The van der Waals surface area contributed by atoms with Gasteiger partial charge >= 0.3 is 7.60 Å². The molecule has 3 aromatic rings. The molecular weight excluding hydrogens is 492 g/mol. The first-order valence-electron chi connectivity index (χ1n) is 9.96. The van der Waals surface area contributed by atoms with Gasteiger partial charge in [-0.25, -0.2) is 8.42 Å². The first-order chi connectivity index (χ1) is 15.1. The molecule has 10 heteroatoms. The summed E-state index contributed by atoms with van der Waals surface area (Å²) in [5.41, 5.74) is 1.07. The molecular formula is C22H24Cl2NO5PS. The van der Waals surface area contributed by atoms with Crippen LogP contribution in [-0.4, -0.2) is 27.9 Å². The van der Waals surface area contributed by atoms with Gasteiger partial charge in [-0.3, -0.25) is 8.87 Å². The molecule has 0 saturated carbocycles. The molecule has 172 valence electrons. The minimum absolute atomic E-state index is 0.0999. The van der Waals surface area contributed by atoms with Crippen molar-refractivity contribution in [2.45, 2.75) is 25.7 Å². The fraction of sp³-hybridized carbons (Fsp3) is 0.273. The Labute approximate surface area is 198 Å². The van der Waals surface area contributed by atoms with E-state index in [0.29, 0.717) is 16.6 Å². The number of hydrogen-bond donors (Lipinski definition) is 0. The summed E-state index contributed by atoms with van der Waals surface area (Å²) in [6.07, 6.45) is -0.504. The Bertz CT molecular complexity index is 1250. The van der Waals surface area contributed by atoms with Gasteiger partial charge in [0.05, 0.1) is 23.8 Å². The fourth-order valence-corrected chi connectivity index (χ4v) is 7.89. The largest absolute Gasteiger partial charge is 0.350 e. The van der Waals surface area contributed by atoms with Gasteiger partial charge in [0.25, 0.3) is 10.0 Å². The lowest BCUT2D eigenvalue weighted by molar-refractivity contribution is 0.221. The number of aryl methyl sites for hydroxylation is 1. The van der Waals surface area contributed by atoms with Gasteiger partial charge in [0.15, 0.2) is 0 Å². The first-order valence-corrected chi connectivity index (χ1v) is 13.9. The minimum Gasteiger partial charge on any atom is -0.308 e. The molecule has 0 saturated heterocycles. The highest BCUT2D eigenvalue weighted by atomic mass is 35.5. The SMILES string of the molecule is CCOP(=O)(CN(c1c(C)ccc2ccccc12)S(=O)(=O)c1cc(Cl)cc(Cl)c1)OCC. The fourth-order valence-electron chi connectivity index (χ4n) is 3.44. The van der Waals surface area contributed by atoms with Crippen molar-refractivity contribution >= 4 is 57.3 Å². The van der Waals surface area contributed by atoms with Gasteiger partial charge < -0.3 is 9.05 Å². The van der Waals surface area contributed by atoms with E-state index in [0.717, 1.165) is 9.69 Å². The number of benzene rings is 3. The van der Waals surface area contributed by atoms with Crippen LogP contribution in [0.2, 0.25) is 10.0 Å². The Morgan fingerprint density at radius 2 is 1.53 bits per heavy atom. The van der Waals surface area contributed by atoms with E-state index in [2.05, 4.69) is 0 Å². The van der Waals surface area contributed by atoms with Crippen LogP contribution in [0.4, 0.5) is 5.69 Å². The van der Waals surface area contributed by atoms with E-state index in [1.54, 1.807) is 20.8 Å². The molecule has 0 N–H and O–H groups in total. The summed E-state index contributed by atoms with van der Waals surface area (Å²) in [6.45, 7) is 5.34. The number of rotatable bonds is 9. The summed E-state index contributed by atoms with van der Waals surface area (Å²) in [5, 5.41) is 1.86. The van der Waals surface area contributed by atoms with E-state index in [4.69, 9.17) is 32.2 Å². The quantitative estimate of drug-likeness (QED) is 0.290. The van der Waals surface area contributed by atoms with Gasteiger partial charge in [0, 0.05) is 15.4 Å². The molecule has 0 bridgehead atoms. The molecule has 0 heterocycles. The summed E-state index contributed by atoms with van der Waals surface area (Å²) in [4.78, 5) is -0.123. The van der Waals surface area contributed by atoms with Crippen molar-refractivity contribution in [3.8, 4) is 0 Å². The standard InChI is InChI=1S/C22H24Cl2NO5PS/c1-4-29-31(26,30-5-2)15-25(32(27,28)20-13-18(23)12-19(24)14-20)22-16(3)10-11-17-8-6-7-9-21(17)22/h6-14H,4-5,15H2,1-3H3. The lowest BCUT2D eigenvalue weighted by atomic mass is 10.0. The molecule has 32 heavy (non-hydrogen) atoms. The molecule has 0 radical (unpaired) electrons. The van der Waals surface area contributed by atoms with Crippen LogP contribution in [0, 0.1) is 6.92 Å². The van der Waals surface area contributed by atoms with Crippen LogP contribution in [0.1, 0.15) is 19.4 Å². The van der Waals surface area contributed by atoms with Crippen molar-refractivity contribution < 1.29 is 22.0 Å². The molecule has 3 aromatic carbocycles. The zero-order valence-corrected chi connectivity index (χ0v) is 21.1. The molecule has 0 aliphatic heterocycles. The third-order valence-corrected chi connectivity index (χ3v) is 9.01. The summed E-state index contributed by atoms with van der Waals surface area (Å²) in [5.74, 6) is 0. The third-order valence-electron chi connectivity index (χ3n) is 4.73. The van der Waals surface area contributed by atoms with Crippen LogP contribution in [0.25, 0.3) is 10.8 Å². The van der Waals surface area contributed by atoms with Crippen molar-refractivity contribution in [1.82, 2.24) is 0 Å². The molecule has 0 aliphatic carbocycles. The highest BCUT2D eigenvalue weighted by Gasteiger charge is 2.36. The number of nitrogens with zero attached hydrogens (tertiary/aromatic N) is 1. The highest BCUT2D eigenvalue weighted by molar-refractivity contribution is 7.93.